The molecule has 0 saturated heterocycles. The number of carbonyl (C=O) groups excluding carboxylic acids is 1. The minimum absolute atomic E-state index is 0.00361. The molecule has 0 aliphatic heterocycles. The van der Waals surface area contributed by atoms with E-state index in [1.165, 1.54) is 25.1 Å². The zero-order chi connectivity index (χ0) is 19.6. The van der Waals surface area contributed by atoms with Gasteiger partial charge in [0, 0.05) is 11.1 Å². The minimum atomic E-state index is -3.93. The van der Waals surface area contributed by atoms with Gasteiger partial charge >= 0.3 is 0 Å². The molecule has 0 radical (unpaired) electrons. The lowest BCUT2D eigenvalue weighted by Gasteiger charge is -2.29. The van der Waals surface area contributed by atoms with Gasteiger partial charge in [0.05, 0.1) is 22.7 Å². The topological polar surface area (TPSA) is 66.5 Å². The summed E-state index contributed by atoms with van der Waals surface area (Å²) < 4.78 is 51.9. The van der Waals surface area contributed by atoms with Crippen LogP contribution in [-0.4, -0.2) is 26.6 Å². The smallest absolute Gasteiger partial charge is 0.248 e. The van der Waals surface area contributed by atoms with Gasteiger partial charge in [0.25, 0.3) is 0 Å². The standard InChI is InChI=1S/C16H14Cl2F2N2O3S/c1-9(16(23)21-14-6-4-11(19)8-13(14)20)22(26(2,24)25)15-7-10(17)3-5-12(15)18/h3-9H,1-2H3,(H,21,23)/t9-/m0/s1. The van der Waals surface area contributed by atoms with Crippen LogP contribution in [0.4, 0.5) is 20.2 Å². The average molecular weight is 423 g/mol. The van der Waals surface area contributed by atoms with Gasteiger partial charge in [0.2, 0.25) is 15.9 Å². The molecule has 1 N–H and O–H groups in total. The Morgan fingerprint density at radius 3 is 2.38 bits per heavy atom. The highest BCUT2D eigenvalue weighted by Gasteiger charge is 2.31. The van der Waals surface area contributed by atoms with Crippen molar-refractivity contribution in [1.82, 2.24) is 0 Å². The summed E-state index contributed by atoms with van der Waals surface area (Å²) in [5, 5.41) is 2.51. The van der Waals surface area contributed by atoms with Gasteiger partial charge < -0.3 is 5.32 Å². The van der Waals surface area contributed by atoms with Gasteiger partial charge in [-0.1, -0.05) is 23.2 Å². The Morgan fingerprint density at radius 1 is 1.15 bits per heavy atom. The average Bonchev–Trinajstić information content (AvgIpc) is 2.52. The van der Waals surface area contributed by atoms with Gasteiger partial charge in [-0.2, -0.15) is 0 Å². The highest BCUT2D eigenvalue weighted by molar-refractivity contribution is 7.92. The number of sulfonamides is 1. The van der Waals surface area contributed by atoms with E-state index < -0.39 is 33.6 Å². The van der Waals surface area contributed by atoms with Crippen LogP contribution in [0.25, 0.3) is 0 Å². The van der Waals surface area contributed by atoms with Crippen LogP contribution in [0.1, 0.15) is 6.92 Å². The fourth-order valence-electron chi connectivity index (χ4n) is 2.26. The molecule has 26 heavy (non-hydrogen) atoms. The predicted molar refractivity (Wildman–Crippen MR) is 98.2 cm³/mol. The van der Waals surface area contributed by atoms with Crippen molar-refractivity contribution in [3.8, 4) is 0 Å². The normalized spacial score (nSPS) is 12.5. The van der Waals surface area contributed by atoms with Crippen molar-refractivity contribution in [2.75, 3.05) is 15.9 Å². The molecule has 0 heterocycles. The van der Waals surface area contributed by atoms with E-state index in [0.717, 1.165) is 22.7 Å². The lowest BCUT2D eigenvalue weighted by molar-refractivity contribution is -0.116. The van der Waals surface area contributed by atoms with Crippen molar-refractivity contribution < 1.29 is 22.0 Å². The van der Waals surface area contributed by atoms with Crippen LogP contribution in [-0.2, 0) is 14.8 Å². The van der Waals surface area contributed by atoms with Crippen molar-refractivity contribution in [2.24, 2.45) is 0 Å². The summed E-state index contributed by atoms with van der Waals surface area (Å²) in [6.45, 7) is 1.30. The third-order valence-electron chi connectivity index (χ3n) is 3.42. The number of benzene rings is 2. The van der Waals surface area contributed by atoms with E-state index in [-0.39, 0.29) is 21.4 Å². The van der Waals surface area contributed by atoms with Gasteiger partial charge in [-0.15, -0.1) is 0 Å². The van der Waals surface area contributed by atoms with Crippen molar-refractivity contribution in [3.05, 3.63) is 58.1 Å². The first kappa shape index (κ1) is 20.4. The molecule has 2 aromatic rings. The summed E-state index contributed by atoms with van der Waals surface area (Å²) in [5.74, 6) is -2.63. The summed E-state index contributed by atoms with van der Waals surface area (Å²) in [6.07, 6.45) is 0.895. The quantitative estimate of drug-likeness (QED) is 0.789. The van der Waals surface area contributed by atoms with Crippen molar-refractivity contribution >= 4 is 50.5 Å². The van der Waals surface area contributed by atoms with E-state index in [1.54, 1.807) is 0 Å². The molecule has 0 aliphatic rings. The van der Waals surface area contributed by atoms with E-state index in [4.69, 9.17) is 23.2 Å². The third-order valence-corrected chi connectivity index (χ3v) is 5.21. The zero-order valence-electron chi connectivity index (χ0n) is 13.6. The van der Waals surface area contributed by atoms with E-state index in [2.05, 4.69) is 5.32 Å². The summed E-state index contributed by atoms with van der Waals surface area (Å²) in [5.41, 5.74) is -0.280. The molecule has 0 aliphatic carbocycles. The molecule has 0 bridgehead atoms. The SMILES string of the molecule is C[C@@H](C(=O)Nc1ccc(F)cc1F)N(c1cc(Cl)ccc1Cl)S(C)(=O)=O. The molecule has 0 fully saturated rings. The van der Waals surface area contributed by atoms with E-state index in [1.807, 2.05) is 0 Å². The van der Waals surface area contributed by atoms with Gasteiger partial charge in [0.1, 0.15) is 17.7 Å². The summed E-state index contributed by atoms with van der Waals surface area (Å²) in [7, 11) is -3.93. The molecular weight excluding hydrogens is 409 g/mol. The molecule has 10 heteroatoms. The van der Waals surface area contributed by atoms with Gasteiger partial charge in [0.15, 0.2) is 0 Å². The molecule has 0 spiro atoms. The molecule has 0 unspecified atom stereocenters. The Labute approximate surface area is 159 Å². The Bertz CT molecular complexity index is 955. The maximum atomic E-state index is 13.7. The number of rotatable bonds is 5. The number of nitrogens with one attached hydrogen (secondary N) is 1. The predicted octanol–water partition coefficient (Wildman–Crippen LogP) is 4.06. The highest BCUT2D eigenvalue weighted by Crippen LogP contribution is 2.32. The number of amides is 1. The maximum Gasteiger partial charge on any atom is 0.248 e. The largest absolute Gasteiger partial charge is 0.322 e. The molecule has 1 amide bonds. The lowest BCUT2D eigenvalue weighted by atomic mass is 10.2. The Morgan fingerprint density at radius 2 is 1.81 bits per heavy atom. The van der Waals surface area contributed by atoms with Crippen LogP contribution in [0, 0.1) is 11.6 Å². The Balaban J connectivity index is 2.39. The Hall–Kier alpha value is -1.90. The molecule has 5 nitrogen and oxygen atoms in total. The number of nitrogens with zero attached hydrogens (tertiary/aromatic N) is 1. The van der Waals surface area contributed by atoms with Crippen LogP contribution >= 0.6 is 23.2 Å². The van der Waals surface area contributed by atoms with Crippen LogP contribution in [0.5, 0.6) is 0 Å². The molecular formula is C16H14Cl2F2N2O3S. The summed E-state index contributed by atoms with van der Waals surface area (Å²) in [6, 6.07) is 5.47. The second kappa shape index (κ2) is 7.77. The molecule has 0 aromatic heterocycles. The summed E-state index contributed by atoms with van der Waals surface area (Å²) in [4.78, 5) is 12.5. The maximum absolute atomic E-state index is 13.7. The van der Waals surface area contributed by atoms with Crippen molar-refractivity contribution in [3.63, 3.8) is 0 Å². The number of hydrogen-bond donors (Lipinski definition) is 1. The van der Waals surface area contributed by atoms with Gasteiger partial charge in [-0.25, -0.2) is 17.2 Å². The number of halogens is 4. The first-order valence-electron chi connectivity index (χ1n) is 7.21. The number of carbonyl (C=O) groups is 1. The van der Waals surface area contributed by atoms with Gasteiger partial charge in [-0.05, 0) is 37.3 Å². The van der Waals surface area contributed by atoms with Crippen LogP contribution in [0.15, 0.2) is 36.4 Å². The first-order valence-corrected chi connectivity index (χ1v) is 9.81. The number of hydrogen-bond acceptors (Lipinski definition) is 3. The van der Waals surface area contributed by atoms with Crippen molar-refractivity contribution in [1.29, 1.82) is 0 Å². The van der Waals surface area contributed by atoms with Crippen LogP contribution in [0.3, 0.4) is 0 Å². The zero-order valence-corrected chi connectivity index (χ0v) is 16.0. The molecule has 140 valence electrons. The number of anilines is 2. The Kier molecular flexibility index (Phi) is 6.10. The van der Waals surface area contributed by atoms with Gasteiger partial charge in [-0.3, -0.25) is 9.10 Å². The minimum Gasteiger partial charge on any atom is -0.322 e. The van der Waals surface area contributed by atoms with E-state index >= 15 is 0 Å². The molecule has 2 rings (SSSR count). The second-order valence-electron chi connectivity index (χ2n) is 5.44. The lowest BCUT2D eigenvalue weighted by Crippen LogP contribution is -2.45. The molecule has 0 saturated carbocycles. The second-order valence-corrected chi connectivity index (χ2v) is 8.15. The fourth-order valence-corrected chi connectivity index (χ4v) is 3.87. The van der Waals surface area contributed by atoms with E-state index in [0.29, 0.717) is 6.07 Å². The first-order chi connectivity index (χ1) is 12.0. The highest BCUT2D eigenvalue weighted by atomic mass is 35.5. The van der Waals surface area contributed by atoms with Crippen molar-refractivity contribution in [2.45, 2.75) is 13.0 Å². The van der Waals surface area contributed by atoms with Crippen LogP contribution < -0.4 is 9.62 Å². The van der Waals surface area contributed by atoms with Crippen LogP contribution in [0.2, 0.25) is 10.0 Å². The monoisotopic (exact) mass is 422 g/mol. The summed E-state index contributed by atoms with van der Waals surface area (Å²) >= 11 is 11.9. The third kappa shape index (κ3) is 4.63. The van der Waals surface area contributed by atoms with E-state index in [9.17, 15) is 22.0 Å². The molecule has 2 aromatic carbocycles. The fraction of sp³-hybridized carbons (Fsp3) is 0.188. The molecule has 1 atom stereocenters.